The highest BCUT2D eigenvalue weighted by Gasteiger charge is 2.37. The fraction of sp³-hybridized carbons (Fsp3) is 0.667. The van der Waals surface area contributed by atoms with E-state index in [1.54, 1.807) is 0 Å². The Labute approximate surface area is 86.2 Å². The van der Waals surface area contributed by atoms with E-state index in [9.17, 15) is 18.8 Å². The van der Waals surface area contributed by atoms with Crippen molar-refractivity contribution in [1.82, 2.24) is 4.90 Å². The van der Waals surface area contributed by atoms with Crippen LogP contribution in [0.5, 0.6) is 0 Å². The third kappa shape index (κ3) is 2.51. The minimum atomic E-state index is -2.30. The maximum atomic E-state index is 13.4. The first-order valence-corrected chi connectivity index (χ1v) is 4.73. The molecule has 0 aromatic carbocycles. The van der Waals surface area contributed by atoms with E-state index in [0.717, 1.165) is 0 Å². The van der Waals surface area contributed by atoms with E-state index < -0.39 is 24.1 Å². The van der Waals surface area contributed by atoms with Gasteiger partial charge in [0.05, 0.1) is 6.61 Å². The molecule has 0 radical (unpaired) electrons. The molecule has 0 saturated carbocycles. The minimum Gasteiger partial charge on any atom is -0.462 e. The normalized spacial score (nSPS) is 18.9. The standard InChI is InChI=1S/C9H12FNO4/c1-2-15-9(14)8(10)11-6(12)4-3-5-7(11)13/h8H,2-5H2,1H3. The Morgan fingerprint density at radius 1 is 1.47 bits per heavy atom. The topological polar surface area (TPSA) is 63.7 Å². The van der Waals surface area contributed by atoms with Gasteiger partial charge in [-0.2, -0.15) is 0 Å². The zero-order valence-corrected chi connectivity index (χ0v) is 8.36. The first-order chi connectivity index (χ1) is 7.07. The number of alkyl halides is 1. The smallest absolute Gasteiger partial charge is 0.362 e. The summed E-state index contributed by atoms with van der Waals surface area (Å²) in [6.45, 7) is 1.53. The molecule has 0 N–H and O–H groups in total. The predicted octanol–water partition coefficient (Wildman–Crippen LogP) is 0.384. The van der Waals surface area contributed by atoms with E-state index in [2.05, 4.69) is 4.74 Å². The van der Waals surface area contributed by atoms with Gasteiger partial charge >= 0.3 is 5.97 Å². The summed E-state index contributed by atoms with van der Waals surface area (Å²) in [4.78, 5) is 33.8. The number of esters is 1. The van der Waals surface area contributed by atoms with Crippen LogP contribution in [0.15, 0.2) is 0 Å². The summed E-state index contributed by atoms with van der Waals surface area (Å²) >= 11 is 0. The second kappa shape index (κ2) is 4.86. The Kier molecular flexibility index (Phi) is 3.76. The largest absolute Gasteiger partial charge is 0.462 e. The van der Waals surface area contributed by atoms with E-state index in [1.807, 2.05) is 0 Å². The van der Waals surface area contributed by atoms with E-state index in [-0.39, 0.29) is 19.4 Å². The van der Waals surface area contributed by atoms with Gasteiger partial charge in [-0.15, -0.1) is 0 Å². The number of hydrogen-bond acceptors (Lipinski definition) is 4. The first kappa shape index (κ1) is 11.6. The zero-order valence-electron chi connectivity index (χ0n) is 8.36. The average Bonchev–Trinajstić information content (AvgIpc) is 2.17. The number of rotatable bonds is 3. The highest BCUT2D eigenvalue weighted by Crippen LogP contribution is 2.16. The quantitative estimate of drug-likeness (QED) is 0.389. The Morgan fingerprint density at radius 3 is 2.47 bits per heavy atom. The monoisotopic (exact) mass is 217 g/mol. The fourth-order valence-electron chi connectivity index (χ4n) is 1.34. The Hall–Kier alpha value is -1.46. The molecule has 0 bridgehead atoms. The summed E-state index contributed by atoms with van der Waals surface area (Å²) in [5, 5.41) is 0. The lowest BCUT2D eigenvalue weighted by atomic mass is 10.1. The summed E-state index contributed by atoms with van der Waals surface area (Å²) in [6, 6.07) is 0. The Bertz CT molecular complexity index is 276. The van der Waals surface area contributed by atoms with Gasteiger partial charge in [0.2, 0.25) is 11.8 Å². The second-order valence-corrected chi connectivity index (χ2v) is 3.10. The van der Waals surface area contributed by atoms with Crippen LogP contribution in [0, 0.1) is 0 Å². The van der Waals surface area contributed by atoms with Crippen molar-refractivity contribution in [3.05, 3.63) is 0 Å². The summed E-state index contributed by atoms with van der Waals surface area (Å²) in [7, 11) is 0. The lowest BCUT2D eigenvalue weighted by molar-refractivity contribution is -0.170. The Balaban J connectivity index is 2.71. The maximum Gasteiger partial charge on any atom is 0.362 e. The molecule has 1 aliphatic rings. The van der Waals surface area contributed by atoms with Gasteiger partial charge in [-0.25, -0.2) is 14.1 Å². The highest BCUT2D eigenvalue weighted by molar-refractivity contribution is 6.00. The lowest BCUT2D eigenvalue weighted by Crippen LogP contribution is -2.49. The van der Waals surface area contributed by atoms with Gasteiger partial charge in [0, 0.05) is 12.8 Å². The number of imide groups is 1. The van der Waals surface area contributed by atoms with Gasteiger partial charge in [-0.1, -0.05) is 0 Å². The molecular formula is C9H12FNO4. The predicted molar refractivity (Wildman–Crippen MR) is 47.2 cm³/mol. The number of nitrogens with zero attached hydrogens (tertiary/aromatic N) is 1. The number of ether oxygens (including phenoxy) is 1. The van der Waals surface area contributed by atoms with Crippen LogP contribution in [-0.4, -0.2) is 35.6 Å². The van der Waals surface area contributed by atoms with Crippen LogP contribution in [0.25, 0.3) is 0 Å². The minimum absolute atomic E-state index is 0.00940. The van der Waals surface area contributed by atoms with Crippen LogP contribution in [-0.2, 0) is 19.1 Å². The van der Waals surface area contributed by atoms with E-state index in [0.29, 0.717) is 11.3 Å². The van der Waals surface area contributed by atoms with Crippen molar-refractivity contribution in [2.75, 3.05) is 6.61 Å². The number of amides is 2. The molecule has 1 aliphatic heterocycles. The van der Waals surface area contributed by atoms with E-state index in [1.165, 1.54) is 6.92 Å². The van der Waals surface area contributed by atoms with Gasteiger partial charge in [-0.05, 0) is 13.3 Å². The Morgan fingerprint density at radius 2 is 2.00 bits per heavy atom. The number of piperidine rings is 1. The zero-order chi connectivity index (χ0) is 11.4. The molecule has 1 saturated heterocycles. The maximum absolute atomic E-state index is 13.4. The molecule has 1 unspecified atom stereocenters. The van der Waals surface area contributed by atoms with Gasteiger partial charge < -0.3 is 4.74 Å². The average molecular weight is 217 g/mol. The third-order valence-corrected chi connectivity index (χ3v) is 2.03. The van der Waals surface area contributed by atoms with Gasteiger partial charge in [0.25, 0.3) is 6.30 Å². The van der Waals surface area contributed by atoms with Crippen LogP contribution in [0.2, 0.25) is 0 Å². The molecule has 0 aromatic heterocycles. The van der Waals surface area contributed by atoms with Gasteiger partial charge in [0.1, 0.15) is 0 Å². The first-order valence-electron chi connectivity index (χ1n) is 4.73. The molecular weight excluding hydrogens is 205 g/mol. The third-order valence-electron chi connectivity index (χ3n) is 2.03. The van der Waals surface area contributed by atoms with Crippen LogP contribution < -0.4 is 0 Å². The highest BCUT2D eigenvalue weighted by atomic mass is 19.1. The van der Waals surface area contributed by atoms with E-state index in [4.69, 9.17) is 0 Å². The summed E-state index contributed by atoms with van der Waals surface area (Å²) < 4.78 is 17.8. The molecule has 0 aromatic rings. The van der Waals surface area contributed by atoms with Crippen molar-refractivity contribution in [1.29, 1.82) is 0 Å². The molecule has 1 atom stereocenters. The van der Waals surface area contributed by atoms with Crippen molar-refractivity contribution in [3.63, 3.8) is 0 Å². The number of halogens is 1. The number of carbonyl (C=O) groups is 3. The second-order valence-electron chi connectivity index (χ2n) is 3.10. The van der Waals surface area contributed by atoms with Crippen molar-refractivity contribution in [2.24, 2.45) is 0 Å². The molecule has 6 heteroatoms. The van der Waals surface area contributed by atoms with Crippen molar-refractivity contribution in [3.8, 4) is 0 Å². The number of likely N-dealkylation sites (tertiary alicyclic amines) is 1. The van der Waals surface area contributed by atoms with Gasteiger partial charge in [0.15, 0.2) is 0 Å². The molecule has 0 spiro atoms. The van der Waals surface area contributed by atoms with Crippen LogP contribution in [0.3, 0.4) is 0 Å². The number of hydrogen-bond donors (Lipinski definition) is 0. The summed E-state index contributed by atoms with van der Waals surface area (Å²) in [5.41, 5.74) is 0. The molecule has 2 amide bonds. The van der Waals surface area contributed by atoms with Crippen LogP contribution in [0.4, 0.5) is 4.39 Å². The van der Waals surface area contributed by atoms with E-state index >= 15 is 0 Å². The van der Waals surface area contributed by atoms with Crippen molar-refractivity contribution < 1.29 is 23.5 Å². The summed E-state index contributed by atoms with van der Waals surface area (Å²) in [5.74, 6) is -2.51. The number of carbonyl (C=O) groups excluding carboxylic acids is 3. The molecule has 84 valence electrons. The SMILES string of the molecule is CCOC(=O)C(F)N1C(=O)CCCC1=O. The summed E-state index contributed by atoms with van der Waals surface area (Å²) in [6.07, 6.45) is -1.72. The molecule has 1 fully saturated rings. The van der Waals surface area contributed by atoms with Crippen molar-refractivity contribution in [2.45, 2.75) is 32.5 Å². The molecule has 1 rings (SSSR count). The molecule has 0 aliphatic carbocycles. The molecule has 5 nitrogen and oxygen atoms in total. The van der Waals surface area contributed by atoms with Crippen LogP contribution >= 0.6 is 0 Å². The van der Waals surface area contributed by atoms with Gasteiger partial charge in [-0.3, -0.25) is 9.59 Å². The van der Waals surface area contributed by atoms with Crippen molar-refractivity contribution >= 4 is 17.8 Å². The molecule has 1 heterocycles. The molecule has 15 heavy (non-hydrogen) atoms. The lowest BCUT2D eigenvalue weighted by Gasteiger charge is -2.26. The fourth-order valence-corrected chi connectivity index (χ4v) is 1.34. The van der Waals surface area contributed by atoms with Crippen LogP contribution in [0.1, 0.15) is 26.2 Å².